The van der Waals surface area contributed by atoms with Gasteiger partial charge in [-0.2, -0.15) is 0 Å². The number of hydrogen-bond donors (Lipinski definition) is 1. The zero-order valence-electron chi connectivity index (χ0n) is 12.5. The van der Waals surface area contributed by atoms with Crippen LogP contribution in [0.4, 0.5) is 4.39 Å². The van der Waals surface area contributed by atoms with Gasteiger partial charge in [0.2, 0.25) is 0 Å². The maximum atomic E-state index is 13.7. The van der Waals surface area contributed by atoms with Gasteiger partial charge in [0.1, 0.15) is 5.82 Å². The predicted octanol–water partition coefficient (Wildman–Crippen LogP) is 4.59. The molecular weight excluding hydrogens is 333 g/mol. The molecule has 1 spiro atoms. The number of ether oxygens (including phenoxy) is 1. The van der Waals surface area contributed by atoms with Crippen LogP contribution in [0.2, 0.25) is 0 Å². The summed E-state index contributed by atoms with van der Waals surface area (Å²) in [5, 5.41) is 3.57. The molecule has 1 N–H and O–H groups in total. The lowest BCUT2D eigenvalue weighted by Gasteiger charge is -2.49. The minimum absolute atomic E-state index is 0.126. The van der Waals surface area contributed by atoms with Gasteiger partial charge in [-0.05, 0) is 68.3 Å². The molecule has 1 saturated carbocycles. The maximum Gasteiger partial charge on any atom is 0.124 e. The molecule has 2 atom stereocenters. The van der Waals surface area contributed by atoms with Gasteiger partial charge in [0.15, 0.2) is 0 Å². The highest BCUT2D eigenvalue weighted by Gasteiger charge is 2.44. The summed E-state index contributed by atoms with van der Waals surface area (Å²) in [5.41, 5.74) is 1.17. The summed E-state index contributed by atoms with van der Waals surface area (Å²) in [7, 11) is 0. The van der Waals surface area contributed by atoms with Crippen molar-refractivity contribution in [3.8, 4) is 0 Å². The maximum absolute atomic E-state index is 13.7. The molecule has 3 rings (SSSR count). The highest BCUT2D eigenvalue weighted by atomic mass is 79.9. The van der Waals surface area contributed by atoms with Crippen LogP contribution in [0.25, 0.3) is 0 Å². The molecule has 0 radical (unpaired) electrons. The number of halogens is 2. The summed E-state index contributed by atoms with van der Waals surface area (Å²) in [6.45, 7) is 3.84. The van der Waals surface area contributed by atoms with E-state index in [2.05, 4.69) is 28.2 Å². The van der Waals surface area contributed by atoms with Crippen LogP contribution in [-0.4, -0.2) is 18.8 Å². The lowest BCUT2D eigenvalue weighted by Crippen LogP contribution is -2.48. The normalized spacial score (nSPS) is 25.6. The van der Waals surface area contributed by atoms with Crippen molar-refractivity contribution < 1.29 is 9.13 Å². The molecule has 2 unspecified atom stereocenters. The van der Waals surface area contributed by atoms with E-state index in [0.717, 1.165) is 36.0 Å². The first-order valence-electron chi connectivity index (χ1n) is 7.95. The summed E-state index contributed by atoms with van der Waals surface area (Å²) in [6, 6.07) is 5.44. The van der Waals surface area contributed by atoms with Crippen molar-refractivity contribution in [2.45, 2.75) is 50.7 Å². The third kappa shape index (κ3) is 3.33. The zero-order valence-corrected chi connectivity index (χ0v) is 14.1. The Bertz CT molecular complexity index is 483. The molecule has 1 heterocycles. The van der Waals surface area contributed by atoms with Crippen molar-refractivity contribution >= 4 is 15.9 Å². The number of hydrogen-bond acceptors (Lipinski definition) is 2. The van der Waals surface area contributed by atoms with Crippen LogP contribution >= 0.6 is 15.9 Å². The lowest BCUT2D eigenvalue weighted by molar-refractivity contribution is -0.147. The van der Waals surface area contributed by atoms with Crippen molar-refractivity contribution in [3.05, 3.63) is 34.1 Å². The number of benzene rings is 1. The molecule has 1 aromatic rings. The second-order valence-electron chi connectivity index (χ2n) is 6.38. The summed E-state index contributed by atoms with van der Waals surface area (Å²) >= 11 is 3.41. The molecule has 1 saturated heterocycles. The van der Waals surface area contributed by atoms with Crippen molar-refractivity contribution in [1.29, 1.82) is 0 Å². The monoisotopic (exact) mass is 355 g/mol. The first-order valence-corrected chi connectivity index (χ1v) is 8.74. The molecule has 1 aliphatic heterocycles. The Morgan fingerprint density at radius 3 is 2.86 bits per heavy atom. The van der Waals surface area contributed by atoms with Gasteiger partial charge in [0.25, 0.3) is 0 Å². The van der Waals surface area contributed by atoms with Crippen molar-refractivity contribution in [2.24, 2.45) is 5.92 Å². The smallest absolute Gasteiger partial charge is 0.124 e. The molecule has 0 amide bonds. The van der Waals surface area contributed by atoms with Crippen LogP contribution in [0.15, 0.2) is 22.7 Å². The van der Waals surface area contributed by atoms with Gasteiger partial charge in [-0.15, -0.1) is 0 Å². The van der Waals surface area contributed by atoms with Gasteiger partial charge in [0, 0.05) is 17.1 Å². The van der Waals surface area contributed by atoms with E-state index in [0.29, 0.717) is 5.92 Å². The van der Waals surface area contributed by atoms with Crippen LogP contribution in [-0.2, 0) is 4.74 Å². The molecular formula is C17H23BrFNO. The standard InChI is InChI=1S/C17H23BrFNO/c1-2-20-16(13-8-14(18)10-15(19)9-13)12-4-7-21-17(11-12)5-3-6-17/h8-10,12,16,20H,2-7,11H2,1H3. The molecule has 0 aromatic heterocycles. The van der Waals surface area contributed by atoms with E-state index in [1.807, 2.05) is 6.07 Å². The predicted molar refractivity (Wildman–Crippen MR) is 85.8 cm³/mol. The van der Waals surface area contributed by atoms with E-state index in [4.69, 9.17) is 4.74 Å². The largest absolute Gasteiger partial charge is 0.375 e. The van der Waals surface area contributed by atoms with E-state index < -0.39 is 0 Å². The SMILES string of the molecule is CCNC(c1cc(F)cc(Br)c1)C1CCOC2(CCC2)C1. The Hall–Kier alpha value is -0.450. The fourth-order valence-electron chi connectivity index (χ4n) is 3.80. The quantitative estimate of drug-likeness (QED) is 0.852. The van der Waals surface area contributed by atoms with Gasteiger partial charge in [-0.1, -0.05) is 22.9 Å². The van der Waals surface area contributed by atoms with Crippen molar-refractivity contribution in [3.63, 3.8) is 0 Å². The minimum atomic E-state index is -0.173. The van der Waals surface area contributed by atoms with E-state index >= 15 is 0 Å². The van der Waals surface area contributed by atoms with Gasteiger partial charge >= 0.3 is 0 Å². The Balaban J connectivity index is 1.83. The first-order chi connectivity index (χ1) is 10.1. The molecule has 1 aliphatic carbocycles. The molecule has 2 aliphatic rings. The van der Waals surface area contributed by atoms with Gasteiger partial charge < -0.3 is 10.1 Å². The van der Waals surface area contributed by atoms with Crippen molar-refractivity contribution in [2.75, 3.05) is 13.2 Å². The molecule has 1 aromatic carbocycles. The fraction of sp³-hybridized carbons (Fsp3) is 0.647. The second kappa shape index (κ2) is 6.35. The average Bonchev–Trinajstić information content (AvgIpc) is 2.42. The third-order valence-electron chi connectivity index (χ3n) is 4.94. The van der Waals surface area contributed by atoms with E-state index in [1.54, 1.807) is 6.07 Å². The zero-order chi connectivity index (χ0) is 14.9. The summed E-state index contributed by atoms with van der Waals surface area (Å²) in [4.78, 5) is 0. The van der Waals surface area contributed by atoms with E-state index in [9.17, 15) is 4.39 Å². The molecule has 116 valence electrons. The Morgan fingerprint density at radius 1 is 1.43 bits per heavy atom. The first kappa shape index (κ1) is 15.4. The topological polar surface area (TPSA) is 21.3 Å². The van der Waals surface area contributed by atoms with Crippen LogP contribution in [0, 0.1) is 11.7 Å². The lowest BCUT2D eigenvalue weighted by atomic mass is 9.69. The molecule has 21 heavy (non-hydrogen) atoms. The highest BCUT2D eigenvalue weighted by molar-refractivity contribution is 9.10. The average molecular weight is 356 g/mol. The molecule has 2 fully saturated rings. The van der Waals surface area contributed by atoms with Gasteiger partial charge in [-0.3, -0.25) is 0 Å². The van der Waals surface area contributed by atoms with E-state index in [-0.39, 0.29) is 17.5 Å². The van der Waals surface area contributed by atoms with E-state index in [1.165, 1.54) is 25.3 Å². The summed E-state index contributed by atoms with van der Waals surface area (Å²) < 4.78 is 20.6. The molecule has 4 heteroatoms. The number of rotatable bonds is 4. The van der Waals surface area contributed by atoms with Gasteiger partial charge in [-0.25, -0.2) is 4.39 Å². The second-order valence-corrected chi connectivity index (χ2v) is 7.29. The summed E-state index contributed by atoms with van der Waals surface area (Å²) in [6.07, 6.45) is 5.81. The third-order valence-corrected chi connectivity index (χ3v) is 5.39. The van der Waals surface area contributed by atoms with Crippen LogP contribution < -0.4 is 5.32 Å². The number of nitrogens with one attached hydrogen (secondary N) is 1. The van der Waals surface area contributed by atoms with Crippen LogP contribution in [0.5, 0.6) is 0 Å². The van der Waals surface area contributed by atoms with Crippen LogP contribution in [0.1, 0.15) is 50.6 Å². The molecule has 2 nitrogen and oxygen atoms in total. The Kier molecular flexibility index (Phi) is 4.67. The molecule has 0 bridgehead atoms. The fourth-order valence-corrected chi connectivity index (χ4v) is 4.28. The summed E-state index contributed by atoms with van der Waals surface area (Å²) in [5.74, 6) is 0.348. The Morgan fingerprint density at radius 2 is 2.24 bits per heavy atom. The minimum Gasteiger partial charge on any atom is -0.375 e. The van der Waals surface area contributed by atoms with Crippen molar-refractivity contribution in [1.82, 2.24) is 5.32 Å². The highest BCUT2D eigenvalue weighted by Crippen LogP contribution is 2.47. The van der Waals surface area contributed by atoms with Crippen LogP contribution in [0.3, 0.4) is 0 Å². The van der Waals surface area contributed by atoms with Gasteiger partial charge in [0.05, 0.1) is 5.60 Å². The Labute approximate surface area is 134 Å².